The summed E-state index contributed by atoms with van der Waals surface area (Å²) in [6, 6.07) is 3.65. The molecule has 0 saturated heterocycles. The first-order valence-corrected chi connectivity index (χ1v) is 4.71. The summed E-state index contributed by atoms with van der Waals surface area (Å²) < 4.78 is 0. The van der Waals surface area contributed by atoms with Gasteiger partial charge in [-0.05, 0) is 18.6 Å². The van der Waals surface area contributed by atoms with Crippen LogP contribution in [0, 0.1) is 0 Å². The highest BCUT2D eigenvalue weighted by molar-refractivity contribution is 5.43. The Morgan fingerprint density at radius 3 is 2.92 bits per heavy atom. The van der Waals surface area contributed by atoms with Crippen LogP contribution in [0.2, 0.25) is 0 Å². The molecule has 0 radical (unpaired) electrons. The van der Waals surface area contributed by atoms with E-state index in [0.717, 1.165) is 25.0 Å². The molecule has 3 heteroatoms. The van der Waals surface area contributed by atoms with Gasteiger partial charge in [-0.3, -0.25) is 4.98 Å². The molecule has 1 rings (SSSR count). The molecule has 1 unspecified atom stereocenters. The molecule has 0 amide bonds. The van der Waals surface area contributed by atoms with Crippen LogP contribution < -0.4 is 11.5 Å². The van der Waals surface area contributed by atoms with Gasteiger partial charge in [-0.1, -0.05) is 19.8 Å². The second kappa shape index (κ2) is 4.82. The van der Waals surface area contributed by atoms with E-state index in [0.29, 0.717) is 5.69 Å². The molecule has 0 aromatic carbocycles. The van der Waals surface area contributed by atoms with Crippen molar-refractivity contribution in [3.05, 3.63) is 24.0 Å². The molecule has 3 nitrogen and oxygen atoms in total. The number of hydrogen-bond acceptors (Lipinski definition) is 3. The van der Waals surface area contributed by atoms with Crippen molar-refractivity contribution in [1.82, 2.24) is 4.98 Å². The Bertz CT molecular complexity index is 260. The number of hydrogen-bond donors (Lipinski definition) is 2. The van der Waals surface area contributed by atoms with Crippen LogP contribution >= 0.6 is 0 Å². The Balaban J connectivity index is 2.65. The van der Waals surface area contributed by atoms with Crippen molar-refractivity contribution in [2.24, 2.45) is 5.73 Å². The first-order chi connectivity index (χ1) is 6.25. The van der Waals surface area contributed by atoms with Crippen molar-refractivity contribution in [2.75, 3.05) is 5.73 Å². The van der Waals surface area contributed by atoms with Crippen LogP contribution in [0.25, 0.3) is 0 Å². The summed E-state index contributed by atoms with van der Waals surface area (Å²) in [4.78, 5) is 4.18. The van der Waals surface area contributed by atoms with Gasteiger partial charge in [-0.2, -0.15) is 0 Å². The molecule has 72 valence electrons. The first-order valence-electron chi connectivity index (χ1n) is 4.71. The molecule has 0 aliphatic carbocycles. The smallest absolute Gasteiger partial charge is 0.0799 e. The molecule has 0 bridgehead atoms. The second-order valence-corrected chi connectivity index (χ2v) is 3.23. The molecule has 1 aromatic heterocycles. The minimum Gasteiger partial charge on any atom is -0.397 e. The molecule has 1 atom stereocenters. The predicted octanol–water partition coefficient (Wildman–Crippen LogP) is 1.85. The van der Waals surface area contributed by atoms with Crippen molar-refractivity contribution in [2.45, 2.75) is 32.2 Å². The normalized spacial score (nSPS) is 12.8. The molecule has 13 heavy (non-hydrogen) atoms. The summed E-state index contributed by atoms with van der Waals surface area (Å²) in [6.45, 7) is 2.15. The summed E-state index contributed by atoms with van der Waals surface area (Å²) >= 11 is 0. The zero-order chi connectivity index (χ0) is 9.68. The third kappa shape index (κ3) is 2.70. The minimum atomic E-state index is -0.0128. The topological polar surface area (TPSA) is 64.9 Å². The van der Waals surface area contributed by atoms with E-state index in [9.17, 15) is 0 Å². The fourth-order valence-electron chi connectivity index (χ4n) is 1.30. The van der Waals surface area contributed by atoms with E-state index >= 15 is 0 Å². The van der Waals surface area contributed by atoms with Gasteiger partial charge in [0.2, 0.25) is 0 Å². The Morgan fingerprint density at radius 2 is 2.31 bits per heavy atom. The third-order valence-corrected chi connectivity index (χ3v) is 2.09. The lowest BCUT2D eigenvalue weighted by molar-refractivity contribution is 0.592. The number of nitrogens with zero attached hydrogens (tertiary/aromatic N) is 1. The predicted molar refractivity (Wildman–Crippen MR) is 55.1 cm³/mol. The largest absolute Gasteiger partial charge is 0.397 e. The van der Waals surface area contributed by atoms with Crippen LogP contribution in [0.15, 0.2) is 18.3 Å². The van der Waals surface area contributed by atoms with E-state index in [4.69, 9.17) is 11.5 Å². The number of rotatable bonds is 4. The van der Waals surface area contributed by atoms with Crippen molar-refractivity contribution in [1.29, 1.82) is 0 Å². The maximum Gasteiger partial charge on any atom is 0.0799 e. The summed E-state index contributed by atoms with van der Waals surface area (Å²) in [6.07, 6.45) is 4.97. The monoisotopic (exact) mass is 179 g/mol. The number of nitrogen functional groups attached to an aromatic ring is 1. The van der Waals surface area contributed by atoms with Gasteiger partial charge in [-0.25, -0.2) is 0 Å². The van der Waals surface area contributed by atoms with Crippen LogP contribution in [0.4, 0.5) is 5.69 Å². The van der Waals surface area contributed by atoms with Gasteiger partial charge in [0.05, 0.1) is 11.4 Å². The van der Waals surface area contributed by atoms with Gasteiger partial charge in [-0.15, -0.1) is 0 Å². The quantitative estimate of drug-likeness (QED) is 0.741. The molecule has 0 aliphatic rings. The van der Waals surface area contributed by atoms with E-state index in [2.05, 4.69) is 11.9 Å². The molecular formula is C10H17N3. The van der Waals surface area contributed by atoms with Gasteiger partial charge in [0.25, 0.3) is 0 Å². The average Bonchev–Trinajstić information content (AvgIpc) is 2.15. The van der Waals surface area contributed by atoms with Gasteiger partial charge in [0, 0.05) is 12.2 Å². The van der Waals surface area contributed by atoms with E-state index in [1.165, 1.54) is 0 Å². The minimum absolute atomic E-state index is 0.0128. The summed E-state index contributed by atoms with van der Waals surface area (Å²) in [7, 11) is 0. The van der Waals surface area contributed by atoms with Crippen molar-refractivity contribution >= 4 is 5.69 Å². The third-order valence-electron chi connectivity index (χ3n) is 2.09. The lowest BCUT2D eigenvalue weighted by atomic mass is 10.1. The maximum absolute atomic E-state index is 5.94. The van der Waals surface area contributed by atoms with Crippen LogP contribution in [0.3, 0.4) is 0 Å². The molecule has 0 fully saturated rings. The number of aromatic nitrogens is 1. The van der Waals surface area contributed by atoms with Crippen molar-refractivity contribution in [3.8, 4) is 0 Å². The van der Waals surface area contributed by atoms with Crippen LogP contribution in [0.5, 0.6) is 0 Å². The van der Waals surface area contributed by atoms with Gasteiger partial charge in [0.15, 0.2) is 0 Å². The standard InChI is InChI=1S/C10H17N3/c1-2-3-5-8(11)10-9(12)6-4-7-13-10/h4,6-8H,2-3,5,11-12H2,1H3. The lowest BCUT2D eigenvalue weighted by Gasteiger charge is -2.11. The summed E-state index contributed by atoms with van der Waals surface area (Å²) in [5.41, 5.74) is 13.2. The Hall–Kier alpha value is -1.09. The maximum atomic E-state index is 5.94. The highest BCUT2D eigenvalue weighted by Crippen LogP contribution is 2.19. The fourth-order valence-corrected chi connectivity index (χ4v) is 1.30. The summed E-state index contributed by atoms with van der Waals surface area (Å²) in [5.74, 6) is 0. The van der Waals surface area contributed by atoms with Gasteiger partial charge in [0.1, 0.15) is 0 Å². The van der Waals surface area contributed by atoms with E-state index in [-0.39, 0.29) is 6.04 Å². The average molecular weight is 179 g/mol. The number of pyridine rings is 1. The van der Waals surface area contributed by atoms with Crippen molar-refractivity contribution < 1.29 is 0 Å². The highest BCUT2D eigenvalue weighted by atomic mass is 14.8. The number of unbranched alkanes of at least 4 members (excludes halogenated alkanes) is 1. The highest BCUT2D eigenvalue weighted by Gasteiger charge is 2.09. The zero-order valence-corrected chi connectivity index (χ0v) is 8.03. The SMILES string of the molecule is CCCCC(N)c1ncccc1N. The molecule has 1 heterocycles. The Morgan fingerprint density at radius 1 is 1.54 bits per heavy atom. The molecule has 0 spiro atoms. The van der Waals surface area contributed by atoms with Crippen LogP contribution in [-0.4, -0.2) is 4.98 Å². The molecular weight excluding hydrogens is 162 g/mol. The number of anilines is 1. The first kappa shape index (κ1) is 9.99. The van der Waals surface area contributed by atoms with Crippen LogP contribution in [0.1, 0.15) is 37.9 Å². The Kier molecular flexibility index (Phi) is 3.71. The van der Waals surface area contributed by atoms with Gasteiger partial charge < -0.3 is 11.5 Å². The molecule has 4 N–H and O–H groups in total. The van der Waals surface area contributed by atoms with E-state index in [1.54, 1.807) is 6.20 Å². The zero-order valence-electron chi connectivity index (χ0n) is 8.03. The summed E-state index contributed by atoms with van der Waals surface area (Å²) in [5, 5.41) is 0. The molecule has 0 saturated carbocycles. The van der Waals surface area contributed by atoms with Crippen LogP contribution in [-0.2, 0) is 0 Å². The second-order valence-electron chi connectivity index (χ2n) is 3.23. The van der Waals surface area contributed by atoms with Gasteiger partial charge >= 0.3 is 0 Å². The molecule has 1 aromatic rings. The Labute approximate surface area is 79.2 Å². The van der Waals surface area contributed by atoms with E-state index in [1.807, 2.05) is 12.1 Å². The van der Waals surface area contributed by atoms with Crippen molar-refractivity contribution in [3.63, 3.8) is 0 Å². The van der Waals surface area contributed by atoms with E-state index < -0.39 is 0 Å². The fraction of sp³-hybridized carbons (Fsp3) is 0.500. The lowest BCUT2D eigenvalue weighted by Crippen LogP contribution is -2.13. The number of nitrogens with two attached hydrogens (primary N) is 2. The molecule has 0 aliphatic heterocycles.